The summed E-state index contributed by atoms with van der Waals surface area (Å²) in [7, 11) is 0. The Bertz CT molecular complexity index is 922. The Hall–Kier alpha value is -2.09. The summed E-state index contributed by atoms with van der Waals surface area (Å²) in [6, 6.07) is 3.84. The van der Waals surface area contributed by atoms with Crippen molar-refractivity contribution in [1.82, 2.24) is 20.5 Å². The van der Waals surface area contributed by atoms with Gasteiger partial charge in [0.05, 0.1) is 17.5 Å². The van der Waals surface area contributed by atoms with Crippen LogP contribution < -0.4 is 10.6 Å². The van der Waals surface area contributed by atoms with E-state index in [2.05, 4.69) is 15.6 Å². The summed E-state index contributed by atoms with van der Waals surface area (Å²) in [5, 5.41) is 6.43. The van der Waals surface area contributed by atoms with Gasteiger partial charge in [-0.25, -0.2) is 8.78 Å². The summed E-state index contributed by atoms with van der Waals surface area (Å²) in [4.78, 5) is 32.4. The lowest BCUT2D eigenvalue weighted by Crippen LogP contribution is -2.66. The predicted molar refractivity (Wildman–Crippen MR) is 124 cm³/mol. The average molecular weight is 475 g/mol. The molecule has 2 heterocycles. The summed E-state index contributed by atoms with van der Waals surface area (Å²) in [5.41, 5.74) is -0.309. The number of hydrogen-bond acceptors (Lipinski definition) is 4. The van der Waals surface area contributed by atoms with Crippen LogP contribution in [-0.2, 0) is 16.1 Å². The van der Waals surface area contributed by atoms with Crippen molar-refractivity contribution in [2.75, 3.05) is 13.1 Å². The molecule has 1 saturated heterocycles. The summed E-state index contributed by atoms with van der Waals surface area (Å²) in [6.45, 7) is 4.16. The third kappa shape index (κ3) is 4.34. The zero-order chi connectivity index (χ0) is 24.1. The molecule has 6 nitrogen and oxygen atoms in total. The number of piperidine rings is 1. The van der Waals surface area contributed by atoms with E-state index in [4.69, 9.17) is 0 Å². The second-order valence-electron chi connectivity index (χ2n) is 11.7. The monoisotopic (exact) mass is 474 g/mol. The van der Waals surface area contributed by atoms with E-state index in [-0.39, 0.29) is 48.1 Å². The summed E-state index contributed by atoms with van der Waals surface area (Å²) < 4.78 is 28.0. The molecule has 2 atom stereocenters. The van der Waals surface area contributed by atoms with Crippen molar-refractivity contribution in [3.05, 3.63) is 30.1 Å². The van der Waals surface area contributed by atoms with Gasteiger partial charge in [-0.15, -0.1) is 0 Å². The van der Waals surface area contributed by atoms with Gasteiger partial charge in [0.25, 0.3) is 5.92 Å². The molecule has 8 heteroatoms. The molecule has 4 bridgehead atoms. The fourth-order valence-electron chi connectivity index (χ4n) is 7.32. The molecule has 0 aromatic carbocycles. The molecule has 5 aliphatic rings. The number of pyridine rings is 1. The Kier molecular flexibility index (Phi) is 5.94. The quantitative estimate of drug-likeness (QED) is 0.662. The van der Waals surface area contributed by atoms with Crippen LogP contribution in [0.5, 0.6) is 0 Å². The number of alkyl halides is 2. The molecule has 5 fully saturated rings. The van der Waals surface area contributed by atoms with Gasteiger partial charge in [-0.1, -0.05) is 0 Å². The Morgan fingerprint density at radius 3 is 2.47 bits per heavy atom. The smallest absolute Gasteiger partial charge is 0.260 e. The number of nitrogens with one attached hydrogen (secondary N) is 2. The van der Waals surface area contributed by atoms with Gasteiger partial charge in [-0.05, 0) is 94.4 Å². The molecule has 6 rings (SSSR count). The maximum absolute atomic E-state index is 14.0. The zero-order valence-electron chi connectivity index (χ0n) is 20.2. The molecule has 1 aromatic heterocycles. The maximum Gasteiger partial charge on any atom is 0.260 e. The first-order valence-corrected chi connectivity index (χ1v) is 12.7. The van der Waals surface area contributed by atoms with Crippen LogP contribution in [0.15, 0.2) is 24.5 Å². The summed E-state index contributed by atoms with van der Waals surface area (Å²) in [5.74, 6) is -1.73. The van der Waals surface area contributed by atoms with E-state index in [9.17, 15) is 18.4 Å². The summed E-state index contributed by atoms with van der Waals surface area (Å²) >= 11 is 0. The molecule has 1 aliphatic heterocycles. The predicted octanol–water partition coefficient (Wildman–Crippen LogP) is 3.52. The van der Waals surface area contributed by atoms with Crippen molar-refractivity contribution in [3.63, 3.8) is 0 Å². The molecule has 2 unspecified atom stereocenters. The van der Waals surface area contributed by atoms with Crippen LogP contribution in [0.1, 0.15) is 64.4 Å². The number of hydrogen-bond donors (Lipinski definition) is 2. The number of rotatable bonds is 6. The number of nitrogens with zero attached hydrogens (tertiary/aromatic N) is 2. The fourth-order valence-corrected chi connectivity index (χ4v) is 7.32. The van der Waals surface area contributed by atoms with Crippen molar-refractivity contribution in [1.29, 1.82) is 0 Å². The molecule has 2 amide bonds. The minimum atomic E-state index is -2.74. The van der Waals surface area contributed by atoms with E-state index < -0.39 is 11.5 Å². The number of aromatic nitrogens is 1. The van der Waals surface area contributed by atoms with E-state index >= 15 is 0 Å². The minimum absolute atomic E-state index is 0.0229. The largest absolute Gasteiger partial charge is 0.352 e. The van der Waals surface area contributed by atoms with Gasteiger partial charge in [-0.2, -0.15) is 0 Å². The van der Waals surface area contributed by atoms with Crippen molar-refractivity contribution in [2.45, 2.75) is 82.8 Å². The molecule has 0 spiro atoms. The maximum atomic E-state index is 14.0. The highest BCUT2D eigenvalue weighted by Gasteiger charge is 2.59. The van der Waals surface area contributed by atoms with E-state index in [1.54, 1.807) is 31.1 Å². The van der Waals surface area contributed by atoms with Crippen LogP contribution in [0.3, 0.4) is 0 Å². The second kappa shape index (κ2) is 8.54. The normalized spacial score (nSPS) is 34.6. The highest BCUT2D eigenvalue weighted by atomic mass is 19.3. The zero-order valence-corrected chi connectivity index (χ0v) is 20.2. The number of carbonyl (C=O) groups excluding carboxylic acids is 2. The molecule has 4 aliphatic carbocycles. The average Bonchev–Trinajstić information content (AvgIpc) is 2.79. The SMILES string of the molecule is CC(C)(C(=O)NC1C2CC3CC1CC(C(=O)NCc1ccncc1)(C3)C2)N1CCCC(F)(F)C1. The van der Waals surface area contributed by atoms with Gasteiger partial charge in [0, 0.05) is 31.4 Å². The molecule has 0 radical (unpaired) electrons. The van der Waals surface area contributed by atoms with Crippen LogP contribution in [-0.4, -0.2) is 52.3 Å². The molecule has 34 heavy (non-hydrogen) atoms. The van der Waals surface area contributed by atoms with Gasteiger partial charge in [0.15, 0.2) is 0 Å². The molecular formula is C26H36F2N4O2. The van der Waals surface area contributed by atoms with Gasteiger partial charge < -0.3 is 10.6 Å². The summed E-state index contributed by atoms with van der Waals surface area (Å²) in [6.07, 6.45) is 8.31. The van der Waals surface area contributed by atoms with Crippen LogP contribution in [0.25, 0.3) is 0 Å². The third-order valence-corrected chi connectivity index (χ3v) is 8.99. The van der Waals surface area contributed by atoms with Gasteiger partial charge in [0.1, 0.15) is 0 Å². The Morgan fingerprint density at radius 1 is 1.15 bits per heavy atom. The lowest BCUT2D eigenvalue weighted by molar-refractivity contribution is -0.153. The Labute approximate surface area is 200 Å². The number of carbonyl (C=O) groups is 2. The first kappa shape index (κ1) is 23.6. The number of halogens is 2. The van der Waals surface area contributed by atoms with E-state index in [1.807, 2.05) is 12.1 Å². The lowest BCUT2D eigenvalue weighted by atomic mass is 9.47. The van der Waals surface area contributed by atoms with Gasteiger partial charge in [-0.3, -0.25) is 19.5 Å². The van der Waals surface area contributed by atoms with E-state index in [0.717, 1.165) is 37.7 Å². The molecule has 4 saturated carbocycles. The highest BCUT2D eigenvalue weighted by Crippen LogP contribution is 2.60. The third-order valence-electron chi connectivity index (χ3n) is 8.99. The Morgan fingerprint density at radius 2 is 1.82 bits per heavy atom. The number of amides is 2. The van der Waals surface area contributed by atoms with E-state index in [1.165, 1.54) is 0 Å². The minimum Gasteiger partial charge on any atom is -0.352 e. The highest BCUT2D eigenvalue weighted by molar-refractivity contribution is 5.86. The lowest BCUT2D eigenvalue weighted by Gasteiger charge is -2.59. The van der Waals surface area contributed by atoms with Crippen molar-refractivity contribution < 1.29 is 18.4 Å². The second-order valence-corrected chi connectivity index (χ2v) is 11.7. The van der Waals surface area contributed by atoms with Crippen molar-refractivity contribution in [3.8, 4) is 0 Å². The van der Waals surface area contributed by atoms with Crippen LogP contribution >= 0.6 is 0 Å². The van der Waals surface area contributed by atoms with Gasteiger partial charge in [0.2, 0.25) is 11.8 Å². The molecular weight excluding hydrogens is 438 g/mol. The Balaban J connectivity index is 1.24. The standard InChI is InChI=1S/C26H36F2N4O2/c1-24(2,32-9-3-6-26(27,28)16-32)22(33)31-21-19-10-18-11-20(21)14-25(12-18,13-19)23(34)30-15-17-4-7-29-8-5-17/h4-5,7-8,18-21H,3,6,9-16H2,1-2H3,(H,30,34)(H,31,33). The topological polar surface area (TPSA) is 74.3 Å². The first-order valence-electron chi connectivity index (χ1n) is 12.7. The van der Waals surface area contributed by atoms with Crippen LogP contribution in [0.2, 0.25) is 0 Å². The first-order chi connectivity index (χ1) is 16.1. The van der Waals surface area contributed by atoms with Crippen molar-refractivity contribution in [2.24, 2.45) is 23.2 Å². The molecule has 1 aromatic rings. The van der Waals surface area contributed by atoms with E-state index in [0.29, 0.717) is 25.4 Å². The molecule has 186 valence electrons. The van der Waals surface area contributed by atoms with Crippen LogP contribution in [0.4, 0.5) is 8.78 Å². The van der Waals surface area contributed by atoms with Crippen LogP contribution in [0, 0.1) is 23.2 Å². The number of likely N-dealkylation sites (tertiary alicyclic amines) is 1. The van der Waals surface area contributed by atoms with Gasteiger partial charge >= 0.3 is 0 Å². The van der Waals surface area contributed by atoms with Crippen molar-refractivity contribution >= 4 is 11.8 Å². The molecule has 2 N–H and O–H groups in total. The fraction of sp³-hybridized carbons (Fsp3) is 0.731.